The molecule has 0 atom stereocenters. The predicted molar refractivity (Wildman–Crippen MR) is 89.3 cm³/mol. The van der Waals surface area contributed by atoms with Gasteiger partial charge in [-0.05, 0) is 32.0 Å². The summed E-state index contributed by atoms with van der Waals surface area (Å²) in [6, 6.07) is 4.69. The summed E-state index contributed by atoms with van der Waals surface area (Å²) in [5.41, 5.74) is -0.0113. The van der Waals surface area contributed by atoms with E-state index < -0.39 is 15.6 Å². The molecule has 0 N–H and O–H groups in total. The lowest BCUT2D eigenvalue weighted by atomic mass is 10.1. The minimum absolute atomic E-state index is 0.139. The Labute approximate surface area is 138 Å². The summed E-state index contributed by atoms with van der Waals surface area (Å²) in [4.78, 5) is 13.7. The molecule has 1 aliphatic rings. The fourth-order valence-electron chi connectivity index (χ4n) is 2.74. The lowest BCUT2D eigenvalue weighted by Gasteiger charge is -2.39. The highest BCUT2D eigenvalue weighted by atomic mass is 32.2. The standard InChI is InChI=1S/C16H24N2O4S/c1-6-17(7-2)23(20,21)13-8-9-15-14(10-13)18(12(3)19)11-16(4,5)22-15/h8-10H,6-7,11H2,1-5H3. The van der Waals surface area contributed by atoms with Crippen molar-refractivity contribution >= 4 is 21.6 Å². The van der Waals surface area contributed by atoms with Gasteiger partial charge in [-0.1, -0.05) is 13.8 Å². The lowest BCUT2D eigenvalue weighted by molar-refractivity contribution is -0.117. The number of hydrogen-bond donors (Lipinski definition) is 0. The second-order valence-corrected chi connectivity index (χ2v) is 8.12. The molecule has 2 rings (SSSR count). The van der Waals surface area contributed by atoms with Crippen LogP contribution in [0.5, 0.6) is 5.75 Å². The summed E-state index contributed by atoms with van der Waals surface area (Å²) in [7, 11) is -3.57. The molecule has 0 unspecified atom stereocenters. The van der Waals surface area contributed by atoms with E-state index in [9.17, 15) is 13.2 Å². The van der Waals surface area contributed by atoms with Crippen molar-refractivity contribution in [2.45, 2.75) is 45.1 Å². The maximum Gasteiger partial charge on any atom is 0.243 e. The minimum Gasteiger partial charge on any atom is -0.484 e. The van der Waals surface area contributed by atoms with Gasteiger partial charge >= 0.3 is 0 Å². The van der Waals surface area contributed by atoms with Crippen LogP contribution in [-0.2, 0) is 14.8 Å². The van der Waals surface area contributed by atoms with Crippen LogP contribution in [0.4, 0.5) is 5.69 Å². The molecule has 23 heavy (non-hydrogen) atoms. The van der Waals surface area contributed by atoms with Gasteiger partial charge in [-0.25, -0.2) is 8.42 Å². The highest BCUT2D eigenvalue weighted by Crippen LogP contribution is 2.38. The van der Waals surface area contributed by atoms with Crippen molar-refractivity contribution in [1.82, 2.24) is 4.31 Å². The summed E-state index contributed by atoms with van der Waals surface area (Å²) in [6.07, 6.45) is 0. The van der Waals surface area contributed by atoms with E-state index in [1.807, 2.05) is 13.8 Å². The zero-order valence-corrected chi connectivity index (χ0v) is 15.1. The Hall–Kier alpha value is -1.60. The number of amides is 1. The van der Waals surface area contributed by atoms with Gasteiger partial charge in [-0.2, -0.15) is 4.31 Å². The SMILES string of the molecule is CCN(CC)S(=O)(=O)c1ccc2c(c1)N(C(C)=O)CC(C)(C)O2. The van der Waals surface area contributed by atoms with Gasteiger partial charge in [0.25, 0.3) is 0 Å². The largest absolute Gasteiger partial charge is 0.484 e. The smallest absolute Gasteiger partial charge is 0.243 e. The molecule has 1 amide bonds. The van der Waals surface area contributed by atoms with Gasteiger partial charge in [0.2, 0.25) is 15.9 Å². The molecular formula is C16H24N2O4S. The van der Waals surface area contributed by atoms with E-state index in [0.717, 1.165) is 0 Å². The number of hydrogen-bond acceptors (Lipinski definition) is 4. The van der Waals surface area contributed by atoms with Gasteiger partial charge in [-0.3, -0.25) is 4.79 Å². The highest BCUT2D eigenvalue weighted by Gasteiger charge is 2.35. The van der Waals surface area contributed by atoms with Crippen LogP contribution in [0.2, 0.25) is 0 Å². The van der Waals surface area contributed by atoms with Crippen LogP contribution in [0.15, 0.2) is 23.1 Å². The third kappa shape index (κ3) is 3.35. The molecule has 0 aromatic heterocycles. The Bertz CT molecular complexity index is 709. The molecule has 0 saturated heterocycles. The molecule has 128 valence electrons. The normalized spacial score (nSPS) is 16.9. The van der Waals surface area contributed by atoms with Crippen molar-refractivity contribution in [3.8, 4) is 5.75 Å². The van der Waals surface area contributed by atoms with Crippen LogP contribution < -0.4 is 9.64 Å². The van der Waals surface area contributed by atoms with Gasteiger partial charge in [0.1, 0.15) is 11.4 Å². The second kappa shape index (κ2) is 6.13. The Kier molecular flexibility index (Phi) is 4.73. The van der Waals surface area contributed by atoms with Gasteiger partial charge in [0, 0.05) is 20.0 Å². The Morgan fingerprint density at radius 1 is 1.30 bits per heavy atom. The van der Waals surface area contributed by atoms with Crippen molar-refractivity contribution in [1.29, 1.82) is 0 Å². The number of sulfonamides is 1. The minimum atomic E-state index is -3.57. The molecule has 1 aromatic rings. The van der Waals surface area contributed by atoms with Crippen molar-refractivity contribution in [3.05, 3.63) is 18.2 Å². The van der Waals surface area contributed by atoms with E-state index in [1.54, 1.807) is 24.8 Å². The molecular weight excluding hydrogens is 316 g/mol. The molecule has 6 nitrogen and oxygen atoms in total. The molecule has 0 spiro atoms. The van der Waals surface area contributed by atoms with Gasteiger partial charge in [0.15, 0.2) is 0 Å². The first kappa shape index (κ1) is 17.7. The van der Waals surface area contributed by atoms with Crippen LogP contribution in [0.3, 0.4) is 0 Å². The van der Waals surface area contributed by atoms with E-state index in [1.165, 1.54) is 23.4 Å². The van der Waals surface area contributed by atoms with Gasteiger partial charge in [-0.15, -0.1) is 0 Å². The number of ether oxygens (including phenoxy) is 1. The number of benzene rings is 1. The molecule has 0 fully saturated rings. The molecule has 0 aliphatic carbocycles. The lowest BCUT2D eigenvalue weighted by Crippen LogP contribution is -2.48. The topological polar surface area (TPSA) is 66.9 Å². The monoisotopic (exact) mass is 340 g/mol. The summed E-state index contributed by atoms with van der Waals surface area (Å²) in [6.45, 7) is 10.0. The van der Waals surface area contributed by atoms with Crippen LogP contribution in [-0.4, -0.2) is 43.9 Å². The van der Waals surface area contributed by atoms with Gasteiger partial charge < -0.3 is 9.64 Å². The third-order valence-electron chi connectivity index (χ3n) is 3.87. The molecule has 1 aliphatic heterocycles. The van der Waals surface area contributed by atoms with Crippen molar-refractivity contribution in [2.75, 3.05) is 24.5 Å². The summed E-state index contributed by atoms with van der Waals surface area (Å²) in [5.74, 6) is 0.384. The van der Waals surface area contributed by atoms with E-state index in [4.69, 9.17) is 4.74 Å². The molecule has 7 heteroatoms. The summed E-state index contributed by atoms with van der Waals surface area (Å²) < 4.78 is 32.6. The second-order valence-electron chi connectivity index (χ2n) is 6.19. The quantitative estimate of drug-likeness (QED) is 0.843. The molecule has 0 radical (unpaired) electrons. The third-order valence-corrected chi connectivity index (χ3v) is 5.92. The zero-order valence-electron chi connectivity index (χ0n) is 14.3. The van der Waals surface area contributed by atoms with E-state index in [0.29, 0.717) is 31.1 Å². The summed E-state index contributed by atoms with van der Waals surface area (Å²) in [5, 5.41) is 0. The van der Waals surface area contributed by atoms with Crippen LogP contribution in [0.1, 0.15) is 34.6 Å². The average molecular weight is 340 g/mol. The maximum absolute atomic E-state index is 12.7. The number of nitrogens with zero attached hydrogens (tertiary/aromatic N) is 2. The summed E-state index contributed by atoms with van der Waals surface area (Å²) >= 11 is 0. The number of carbonyl (C=O) groups excluding carboxylic acids is 1. The van der Waals surface area contributed by atoms with Crippen molar-refractivity contribution in [2.24, 2.45) is 0 Å². The first-order valence-electron chi connectivity index (χ1n) is 7.73. The first-order chi connectivity index (χ1) is 10.6. The van der Waals surface area contributed by atoms with Crippen LogP contribution in [0, 0.1) is 0 Å². The average Bonchev–Trinajstić information content (AvgIpc) is 2.45. The Morgan fingerprint density at radius 3 is 2.43 bits per heavy atom. The van der Waals surface area contributed by atoms with Crippen molar-refractivity contribution in [3.63, 3.8) is 0 Å². The Morgan fingerprint density at radius 2 is 1.91 bits per heavy atom. The fourth-order valence-corrected chi connectivity index (χ4v) is 4.22. The van der Waals surface area contributed by atoms with Crippen molar-refractivity contribution < 1.29 is 17.9 Å². The number of anilines is 1. The first-order valence-corrected chi connectivity index (χ1v) is 9.17. The fraction of sp³-hybridized carbons (Fsp3) is 0.562. The molecule has 0 saturated carbocycles. The van der Waals surface area contributed by atoms with Crippen LogP contribution >= 0.6 is 0 Å². The number of rotatable bonds is 4. The van der Waals surface area contributed by atoms with E-state index >= 15 is 0 Å². The van der Waals surface area contributed by atoms with Crippen LogP contribution in [0.25, 0.3) is 0 Å². The molecule has 1 aromatic carbocycles. The maximum atomic E-state index is 12.7. The Balaban J connectivity index is 2.54. The zero-order chi connectivity index (χ0) is 17.4. The van der Waals surface area contributed by atoms with E-state index in [-0.39, 0.29) is 10.8 Å². The van der Waals surface area contributed by atoms with E-state index in [2.05, 4.69) is 0 Å². The molecule has 1 heterocycles. The number of carbonyl (C=O) groups is 1. The predicted octanol–water partition coefficient (Wildman–Crippen LogP) is 2.24. The molecule has 0 bridgehead atoms. The number of fused-ring (bicyclic) bond motifs is 1. The highest BCUT2D eigenvalue weighted by molar-refractivity contribution is 7.89. The van der Waals surface area contributed by atoms with Gasteiger partial charge in [0.05, 0.1) is 17.1 Å².